The fourth-order valence-electron chi connectivity index (χ4n) is 3.37. The molecule has 0 radical (unpaired) electrons. The van der Waals surface area contributed by atoms with E-state index in [0.29, 0.717) is 23.6 Å². The highest BCUT2D eigenvalue weighted by molar-refractivity contribution is 6.31. The molecule has 5 atom stereocenters. The molecule has 2 aromatic carbocycles. The van der Waals surface area contributed by atoms with Gasteiger partial charge in [-0.1, -0.05) is 35.9 Å². The molecule has 1 aliphatic heterocycles. The number of hydrogen-bond acceptors (Lipinski definition) is 6. The minimum absolute atomic E-state index is 0.464. The second kappa shape index (κ2) is 9.22. The smallest absolute Gasteiger partial charge is 0.119 e. The van der Waals surface area contributed by atoms with Crippen molar-refractivity contribution in [3.63, 3.8) is 0 Å². The standard InChI is InChI=1S/C21H25ClO6/c1-2-27-15-6-3-12(4-7-15)9-14-10-13(5-8-16(14)22)21-20(26)19(25)18(24)17(11-23)28-21/h3-8,10,17-21,23-26H,2,9,11H2,1H3/t17-,18+,19-,20+,21+/m1/s1. The molecule has 7 heteroatoms. The van der Waals surface area contributed by atoms with Crippen molar-refractivity contribution in [1.29, 1.82) is 0 Å². The van der Waals surface area contributed by atoms with Crippen LogP contribution in [0.4, 0.5) is 0 Å². The summed E-state index contributed by atoms with van der Waals surface area (Å²) in [5.41, 5.74) is 2.49. The Labute approximate surface area is 168 Å². The van der Waals surface area contributed by atoms with Crippen molar-refractivity contribution in [3.8, 4) is 5.75 Å². The quantitative estimate of drug-likeness (QED) is 0.582. The molecule has 1 fully saturated rings. The largest absolute Gasteiger partial charge is 0.494 e. The molecule has 1 heterocycles. The second-order valence-electron chi connectivity index (χ2n) is 6.85. The summed E-state index contributed by atoms with van der Waals surface area (Å²) in [4.78, 5) is 0. The summed E-state index contributed by atoms with van der Waals surface area (Å²) < 4.78 is 11.1. The van der Waals surface area contributed by atoms with E-state index in [9.17, 15) is 20.4 Å². The number of aliphatic hydroxyl groups is 4. The molecule has 0 bridgehead atoms. The summed E-state index contributed by atoms with van der Waals surface area (Å²) in [6.07, 6.45) is -5.39. The molecule has 28 heavy (non-hydrogen) atoms. The monoisotopic (exact) mass is 408 g/mol. The Balaban J connectivity index is 1.82. The summed E-state index contributed by atoms with van der Waals surface area (Å²) in [5.74, 6) is 0.799. The third kappa shape index (κ3) is 4.49. The van der Waals surface area contributed by atoms with E-state index in [1.54, 1.807) is 12.1 Å². The Hall–Kier alpha value is -1.67. The maximum absolute atomic E-state index is 10.3. The zero-order chi connectivity index (χ0) is 20.3. The number of ether oxygens (including phenoxy) is 2. The van der Waals surface area contributed by atoms with Crippen molar-refractivity contribution in [2.45, 2.75) is 43.9 Å². The predicted molar refractivity (Wildman–Crippen MR) is 105 cm³/mol. The van der Waals surface area contributed by atoms with Gasteiger partial charge in [0, 0.05) is 5.02 Å². The number of hydrogen-bond donors (Lipinski definition) is 4. The van der Waals surface area contributed by atoms with E-state index in [-0.39, 0.29) is 0 Å². The van der Waals surface area contributed by atoms with Gasteiger partial charge >= 0.3 is 0 Å². The molecule has 0 unspecified atom stereocenters. The number of halogens is 1. The van der Waals surface area contributed by atoms with Crippen molar-refractivity contribution < 1.29 is 29.9 Å². The highest BCUT2D eigenvalue weighted by atomic mass is 35.5. The first-order valence-electron chi connectivity index (χ1n) is 9.25. The van der Waals surface area contributed by atoms with Gasteiger partial charge in [-0.15, -0.1) is 0 Å². The summed E-state index contributed by atoms with van der Waals surface area (Å²) >= 11 is 6.35. The average Bonchev–Trinajstić information content (AvgIpc) is 2.70. The van der Waals surface area contributed by atoms with Gasteiger partial charge in [-0.25, -0.2) is 0 Å². The van der Waals surface area contributed by atoms with Gasteiger partial charge in [0.15, 0.2) is 0 Å². The summed E-state index contributed by atoms with van der Waals surface area (Å²) in [6, 6.07) is 12.9. The lowest BCUT2D eigenvalue weighted by atomic mass is 9.90. The van der Waals surface area contributed by atoms with Gasteiger partial charge in [-0.2, -0.15) is 0 Å². The summed E-state index contributed by atoms with van der Waals surface area (Å²) in [7, 11) is 0. The van der Waals surface area contributed by atoms with Crippen LogP contribution >= 0.6 is 11.6 Å². The lowest BCUT2D eigenvalue weighted by Crippen LogP contribution is -2.55. The fourth-order valence-corrected chi connectivity index (χ4v) is 3.56. The van der Waals surface area contributed by atoms with Gasteiger partial charge in [-0.05, 0) is 48.2 Å². The SMILES string of the molecule is CCOc1ccc(Cc2cc([C@@H]3O[C@H](CO)[C@H](O)[C@@H](O)[C@@H]3O)ccc2Cl)cc1. The molecule has 152 valence electrons. The van der Waals surface area contributed by atoms with Crippen molar-refractivity contribution in [1.82, 2.24) is 0 Å². The van der Waals surface area contributed by atoms with Crippen LogP contribution in [0.2, 0.25) is 5.02 Å². The molecule has 6 nitrogen and oxygen atoms in total. The summed E-state index contributed by atoms with van der Waals surface area (Å²) in [5, 5.41) is 40.3. The first-order valence-corrected chi connectivity index (χ1v) is 9.63. The van der Waals surface area contributed by atoms with Gasteiger partial charge in [0.25, 0.3) is 0 Å². The first-order chi connectivity index (χ1) is 13.4. The first kappa shape index (κ1) is 21.0. The van der Waals surface area contributed by atoms with Crippen LogP contribution in [0.5, 0.6) is 5.75 Å². The van der Waals surface area contributed by atoms with Crippen LogP contribution in [-0.2, 0) is 11.2 Å². The third-order valence-electron chi connectivity index (χ3n) is 4.92. The van der Waals surface area contributed by atoms with E-state index in [1.807, 2.05) is 37.3 Å². The Bertz CT molecular complexity index is 779. The van der Waals surface area contributed by atoms with Crippen molar-refractivity contribution >= 4 is 11.6 Å². The number of benzene rings is 2. The lowest BCUT2D eigenvalue weighted by molar-refractivity contribution is -0.231. The third-order valence-corrected chi connectivity index (χ3v) is 5.29. The average molecular weight is 409 g/mol. The number of rotatable bonds is 6. The number of aliphatic hydroxyl groups excluding tert-OH is 4. The fraction of sp³-hybridized carbons (Fsp3) is 0.429. The van der Waals surface area contributed by atoms with Gasteiger partial charge in [-0.3, -0.25) is 0 Å². The van der Waals surface area contributed by atoms with E-state index >= 15 is 0 Å². The van der Waals surface area contributed by atoms with Crippen LogP contribution in [0.3, 0.4) is 0 Å². The second-order valence-corrected chi connectivity index (χ2v) is 7.26. The molecule has 4 N–H and O–H groups in total. The van der Waals surface area contributed by atoms with Crippen LogP contribution in [-0.4, -0.2) is 58.1 Å². The van der Waals surface area contributed by atoms with Gasteiger partial charge in [0.2, 0.25) is 0 Å². The highest BCUT2D eigenvalue weighted by Gasteiger charge is 2.43. The molecular formula is C21H25ClO6. The molecule has 3 rings (SSSR count). The topological polar surface area (TPSA) is 99.4 Å². The van der Waals surface area contributed by atoms with E-state index in [4.69, 9.17) is 21.1 Å². The highest BCUT2D eigenvalue weighted by Crippen LogP contribution is 2.34. The van der Waals surface area contributed by atoms with Crippen molar-refractivity contribution in [2.75, 3.05) is 13.2 Å². The zero-order valence-electron chi connectivity index (χ0n) is 15.5. The van der Waals surface area contributed by atoms with Crippen LogP contribution in [0.15, 0.2) is 42.5 Å². The molecule has 2 aromatic rings. The molecular weight excluding hydrogens is 384 g/mol. The van der Waals surface area contributed by atoms with Gasteiger partial charge < -0.3 is 29.9 Å². The Morgan fingerprint density at radius 2 is 1.71 bits per heavy atom. The van der Waals surface area contributed by atoms with E-state index in [0.717, 1.165) is 16.9 Å². The minimum atomic E-state index is -1.42. The molecule has 0 aromatic heterocycles. The Kier molecular flexibility index (Phi) is 6.93. The molecule has 0 spiro atoms. The van der Waals surface area contributed by atoms with Crippen LogP contribution < -0.4 is 4.74 Å². The Morgan fingerprint density at radius 3 is 2.36 bits per heavy atom. The molecule has 0 aliphatic carbocycles. The van der Waals surface area contributed by atoms with Gasteiger partial charge in [0.05, 0.1) is 13.2 Å². The molecule has 0 amide bonds. The maximum Gasteiger partial charge on any atom is 0.119 e. The lowest BCUT2D eigenvalue weighted by Gasteiger charge is -2.40. The normalized spacial score (nSPS) is 27.6. The van der Waals surface area contributed by atoms with Crippen LogP contribution in [0, 0.1) is 0 Å². The molecule has 1 aliphatic rings. The Morgan fingerprint density at radius 1 is 1.00 bits per heavy atom. The zero-order valence-corrected chi connectivity index (χ0v) is 16.3. The van der Waals surface area contributed by atoms with Crippen molar-refractivity contribution in [2.24, 2.45) is 0 Å². The molecule has 1 saturated heterocycles. The van der Waals surface area contributed by atoms with Crippen LogP contribution in [0.1, 0.15) is 29.7 Å². The van der Waals surface area contributed by atoms with E-state index in [2.05, 4.69) is 0 Å². The van der Waals surface area contributed by atoms with Crippen LogP contribution in [0.25, 0.3) is 0 Å². The van der Waals surface area contributed by atoms with E-state index in [1.165, 1.54) is 0 Å². The maximum atomic E-state index is 10.3. The summed E-state index contributed by atoms with van der Waals surface area (Å²) in [6.45, 7) is 2.07. The minimum Gasteiger partial charge on any atom is -0.494 e. The molecule has 0 saturated carbocycles. The van der Waals surface area contributed by atoms with E-state index < -0.39 is 37.1 Å². The predicted octanol–water partition coefficient (Wildman–Crippen LogP) is 1.84. The van der Waals surface area contributed by atoms with Crippen molar-refractivity contribution in [3.05, 3.63) is 64.2 Å². The van der Waals surface area contributed by atoms with Gasteiger partial charge in [0.1, 0.15) is 36.3 Å².